The van der Waals surface area contributed by atoms with Gasteiger partial charge in [-0.05, 0) is 12.1 Å². The lowest BCUT2D eigenvalue weighted by atomic mass is 10.2. The molecule has 0 aliphatic rings. The molecule has 0 fully saturated rings. The highest BCUT2D eigenvalue weighted by Gasteiger charge is 2.23. The quantitative estimate of drug-likeness (QED) is 0.329. The Morgan fingerprint density at radius 2 is 1.96 bits per heavy atom. The molecule has 6 N–H and O–H groups in total. The summed E-state index contributed by atoms with van der Waals surface area (Å²) in [5.74, 6) is -1.52. The first-order valence-corrected chi connectivity index (χ1v) is 7.47. The third-order valence-corrected chi connectivity index (χ3v) is 3.50. The number of hydrogen-bond acceptors (Lipinski definition) is 6. The summed E-state index contributed by atoms with van der Waals surface area (Å²) in [5, 5.41) is 14.0. The number of imidazole rings is 1. The number of aliphatic hydroxyl groups excluding tert-OH is 1. The molecule has 3 aromatic rings. The van der Waals surface area contributed by atoms with Crippen molar-refractivity contribution in [1.82, 2.24) is 25.3 Å². The van der Waals surface area contributed by atoms with Gasteiger partial charge in [0.15, 0.2) is 0 Å². The smallest absolute Gasteiger partial charge is 0.325 e. The Bertz CT molecular complexity index is 1050. The van der Waals surface area contributed by atoms with Crippen molar-refractivity contribution < 1.29 is 14.7 Å². The molecule has 2 aromatic heterocycles. The van der Waals surface area contributed by atoms with Gasteiger partial charge in [-0.2, -0.15) is 0 Å². The Morgan fingerprint density at radius 3 is 2.65 bits per heavy atom. The number of para-hydroxylation sites is 2. The van der Waals surface area contributed by atoms with Crippen molar-refractivity contribution in [2.75, 3.05) is 11.9 Å². The zero-order valence-corrected chi connectivity index (χ0v) is 13.2. The number of anilines is 1. The summed E-state index contributed by atoms with van der Waals surface area (Å²) < 4.78 is 0. The summed E-state index contributed by atoms with van der Waals surface area (Å²) in [4.78, 5) is 57.9. The van der Waals surface area contributed by atoms with Crippen molar-refractivity contribution in [3.8, 4) is 0 Å². The molecule has 1 unspecified atom stereocenters. The zero-order chi connectivity index (χ0) is 18.7. The zero-order valence-electron chi connectivity index (χ0n) is 13.2. The van der Waals surface area contributed by atoms with E-state index in [9.17, 15) is 24.3 Å². The maximum atomic E-state index is 12.2. The van der Waals surface area contributed by atoms with Gasteiger partial charge in [0.05, 0.1) is 17.6 Å². The molecule has 11 nitrogen and oxygen atoms in total. The van der Waals surface area contributed by atoms with Crippen molar-refractivity contribution in [3.63, 3.8) is 0 Å². The lowest BCUT2D eigenvalue weighted by molar-refractivity contribution is -0.118. The fraction of sp³-hybridized carbons (Fsp3) is 0.133. The van der Waals surface area contributed by atoms with Crippen LogP contribution < -0.4 is 21.9 Å². The Morgan fingerprint density at radius 1 is 1.19 bits per heavy atom. The van der Waals surface area contributed by atoms with Gasteiger partial charge >= 0.3 is 5.69 Å². The number of rotatable bonds is 5. The minimum atomic E-state index is -1.33. The topological polar surface area (TPSA) is 173 Å². The second-order valence-electron chi connectivity index (χ2n) is 5.29. The van der Waals surface area contributed by atoms with Crippen LogP contribution in [0.5, 0.6) is 0 Å². The predicted molar refractivity (Wildman–Crippen MR) is 90.7 cm³/mol. The van der Waals surface area contributed by atoms with E-state index in [-0.39, 0.29) is 5.95 Å². The maximum Gasteiger partial charge on any atom is 0.325 e. The van der Waals surface area contributed by atoms with Crippen molar-refractivity contribution in [2.45, 2.75) is 6.04 Å². The van der Waals surface area contributed by atoms with Gasteiger partial charge in [0.2, 0.25) is 5.95 Å². The van der Waals surface area contributed by atoms with Crippen LogP contribution in [0, 0.1) is 0 Å². The molecule has 0 saturated heterocycles. The van der Waals surface area contributed by atoms with Gasteiger partial charge in [0.25, 0.3) is 17.4 Å². The first-order chi connectivity index (χ1) is 12.5. The molecule has 1 aromatic carbocycles. The summed E-state index contributed by atoms with van der Waals surface area (Å²) in [7, 11) is 0. The van der Waals surface area contributed by atoms with Gasteiger partial charge in [-0.15, -0.1) is 0 Å². The second kappa shape index (κ2) is 7.03. The molecule has 0 aliphatic heterocycles. The number of benzene rings is 1. The van der Waals surface area contributed by atoms with Crippen LogP contribution in [-0.2, 0) is 4.79 Å². The summed E-state index contributed by atoms with van der Waals surface area (Å²) >= 11 is 0. The standard InChI is InChI=1S/C15H14N6O5/c22-6-10(17-11(23)7-5-16-15(26)21-12(7)24)13(25)20-14-18-8-3-1-2-4-9(8)19-14/h1-5,10,22H,6H2,(H,17,23)(H2,16,21,24,26)(H2,18,19,20,25). The van der Waals surface area contributed by atoms with Crippen molar-refractivity contribution in [3.05, 3.63) is 56.9 Å². The average Bonchev–Trinajstić information content (AvgIpc) is 3.01. The molecule has 3 rings (SSSR count). The summed E-state index contributed by atoms with van der Waals surface area (Å²) in [6, 6.07) is 5.76. The Hall–Kier alpha value is -3.73. The van der Waals surface area contributed by atoms with E-state index in [0.29, 0.717) is 11.0 Å². The van der Waals surface area contributed by atoms with E-state index in [1.54, 1.807) is 24.3 Å². The molecule has 2 heterocycles. The van der Waals surface area contributed by atoms with Crippen molar-refractivity contribution >= 4 is 28.8 Å². The Kier molecular flexibility index (Phi) is 4.62. The number of H-pyrrole nitrogens is 3. The number of fused-ring (bicyclic) bond motifs is 1. The van der Waals surface area contributed by atoms with Gasteiger partial charge in [0, 0.05) is 6.20 Å². The first-order valence-electron chi connectivity index (χ1n) is 7.47. The van der Waals surface area contributed by atoms with E-state index in [1.165, 1.54) is 0 Å². The van der Waals surface area contributed by atoms with Gasteiger partial charge in [-0.3, -0.25) is 24.7 Å². The van der Waals surface area contributed by atoms with Crippen LogP contribution in [0.3, 0.4) is 0 Å². The number of carbonyl (C=O) groups is 2. The third kappa shape index (κ3) is 3.52. The van der Waals surface area contributed by atoms with Gasteiger partial charge in [0.1, 0.15) is 11.6 Å². The SMILES string of the molecule is O=C(NC(CO)C(=O)Nc1nc2ccccc2[nH]1)c1c[nH]c(=O)[nH]c1=O. The lowest BCUT2D eigenvalue weighted by Crippen LogP contribution is -2.47. The molecule has 134 valence electrons. The van der Waals surface area contributed by atoms with E-state index < -0.39 is 41.3 Å². The lowest BCUT2D eigenvalue weighted by Gasteiger charge is -2.14. The monoisotopic (exact) mass is 358 g/mol. The normalized spacial score (nSPS) is 11.9. The molecular formula is C15H14N6O5. The van der Waals surface area contributed by atoms with Crippen LogP contribution >= 0.6 is 0 Å². The largest absolute Gasteiger partial charge is 0.394 e. The molecule has 0 radical (unpaired) electrons. The number of amides is 2. The van der Waals surface area contributed by atoms with E-state index >= 15 is 0 Å². The van der Waals surface area contributed by atoms with Gasteiger partial charge in [-0.1, -0.05) is 12.1 Å². The summed E-state index contributed by atoms with van der Waals surface area (Å²) in [6.45, 7) is -0.709. The first kappa shape index (κ1) is 17.1. The number of aromatic amines is 3. The van der Waals surface area contributed by atoms with E-state index in [0.717, 1.165) is 6.20 Å². The number of nitrogens with one attached hydrogen (secondary N) is 5. The molecule has 0 bridgehead atoms. The highest BCUT2D eigenvalue weighted by atomic mass is 16.3. The fourth-order valence-electron chi connectivity index (χ4n) is 2.22. The van der Waals surface area contributed by atoms with Crippen LogP contribution in [-0.4, -0.2) is 49.5 Å². The third-order valence-electron chi connectivity index (χ3n) is 3.50. The number of carbonyl (C=O) groups excluding carboxylic acids is 2. The molecular weight excluding hydrogens is 344 g/mol. The number of hydrogen-bond donors (Lipinski definition) is 6. The van der Waals surface area contributed by atoms with Gasteiger partial charge in [-0.25, -0.2) is 9.78 Å². The van der Waals surface area contributed by atoms with Crippen LogP contribution in [0.15, 0.2) is 40.1 Å². The summed E-state index contributed by atoms with van der Waals surface area (Å²) in [5.41, 5.74) is -0.757. The summed E-state index contributed by atoms with van der Waals surface area (Å²) in [6.07, 6.45) is 0.919. The molecule has 1 atom stereocenters. The minimum absolute atomic E-state index is 0.144. The van der Waals surface area contributed by atoms with Crippen LogP contribution in [0.2, 0.25) is 0 Å². The maximum absolute atomic E-state index is 12.2. The molecule has 2 amide bonds. The highest BCUT2D eigenvalue weighted by molar-refractivity contribution is 6.00. The molecule has 0 aliphatic carbocycles. The van der Waals surface area contributed by atoms with E-state index in [2.05, 4.69) is 25.6 Å². The van der Waals surface area contributed by atoms with Crippen LogP contribution in [0.25, 0.3) is 11.0 Å². The fourth-order valence-corrected chi connectivity index (χ4v) is 2.22. The molecule has 26 heavy (non-hydrogen) atoms. The van der Waals surface area contributed by atoms with Crippen molar-refractivity contribution in [2.24, 2.45) is 0 Å². The van der Waals surface area contributed by atoms with Gasteiger partial charge < -0.3 is 20.4 Å². The van der Waals surface area contributed by atoms with Crippen molar-refractivity contribution in [1.29, 1.82) is 0 Å². The molecule has 11 heteroatoms. The molecule has 0 spiro atoms. The Labute approximate surface area is 144 Å². The average molecular weight is 358 g/mol. The second-order valence-corrected chi connectivity index (χ2v) is 5.29. The van der Waals surface area contributed by atoms with E-state index in [1.807, 2.05) is 4.98 Å². The number of aromatic nitrogens is 4. The minimum Gasteiger partial charge on any atom is -0.394 e. The van der Waals surface area contributed by atoms with Crippen LogP contribution in [0.1, 0.15) is 10.4 Å². The molecule has 0 saturated carbocycles. The predicted octanol–water partition coefficient (Wildman–Crippen LogP) is -1.33. The Balaban J connectivity index is 1.73. The highest BCUT2D eigenvalue weighted by Crippen LogP contribution is 2.13. The number of nitrogens with zero attached hydrogens (tertiary/aromatic N) is 1. The van der Waals surface area contributed by atoms with E-state index in [4.69, 9.17) is 0 Å². The van der Waals surface area contributed by atoms with Crippen LogP contribution in [0.4, 0.5) is 5.95 Å². The number of aliphatic hydroxyl groups is 1.